The molecule has 3 aromatic heterocycles. The first-order valence-electron chi connectivity index (χ1n) is 6.37. The topological polar surface area (TPSA) is 60.0 Å². The van der Waals surface area contributed by atoms with Crippen LogP contribution in [0.1, 0.15) is 5.69 Å². The molecule has 1 N–H and O–H groups in total. The summed E-state index contributed by atoms with van der Waals surface area (Å²) in [6.07, 6.45) is 1.86. The zero-order valence-corrected chi connectivity index (χ0v) is 12.7. The summed E-state index contributed by atoms with van der Waals surface area (Å²) < 4.78 is 10.5. The Bertz CT molecular complexity index is 814. The van der Waals surface area contributed by atoms with Gasteiger partial charge in [0.25, 0.3) is 0 Å². The molecule has 0 fully saturated rings. The number of aromatic nitrogens is 3. The summed E-state index contributed by atoms with van der Waals surface area (Å²) in [5.74, 6) is 0.974. The van der Waals surface area contributed by atoms with E-state index in [-0.39, 0.29) is 0 Å². The molecule has 0 aliphatic rings. The standard InChI is InChI=1S/C15H14ClN3O2/c1-8-6-11(16)13-10(7-17-14(13)18-8)9-4-5-12(20-2)19-15(9)21-3/h4-7H,1-3H3,(H,17,18). The molecule has 0 aromatic carbocycles. The van der Waals surface area contributed by atoms with E-state index in [1.165, 1.54) is 0 Å². The van der Waals surface area contributed by atoms with Gasteiger partial charge in [-0.25, -0.2) is 4.98 Å². The van der Waals surface area contributed by atoms with Gasteiger partial charge in [0.05, 0.1) is 19.2 Å². The fraction of sp³-hybridized carbons (Fsp3) is 0.200. The molecule has 0 atom stereocenters. The number of fused-ring (bicyclic) bond motifs is 1. The van der Waals surface area contributed by atoms with Crippen LogP contribution in [0.25, 0.3) is 22.2 Å². The molecule has 0 saturated carbocycles. The largest absolute Gasteiger partial charge is 0.481 e. The predicted octanol–water partition coefficient (Wildman–Crippen LogP) is 3.60. The van der Waals surface area contributed by atoms with E-state index in [1.54, 1.807) is 20.3 Å². The third-order valence-corrected chi connectivity index (χ3v) is 3.55. The fourth-order valence-electron chi connectivity index (χ4n) is 2.32. The Hall–Kier alpha value is -2.27. The van der Waals surface area contributed by atoms with Gasteiger partial charge in [-0.1, -0.05) is 11.6 Å². The Balaban J connectivity index is 2.26. The monoisotopic (exact) mass is 303 g/mol. The Labute approximate surface area is 126 Å². The van der Waals surface area contributed by atoms with E-state index in [0.717, 1.165) is 27.9 Å². The zero-order valence-electron chi connectivity index (χ0n) is 11.9. The average Bonchev–Trinajstić information content (AvgIpc) is 2.90. The molecule has 21 heavy (non-hydrogen) atoms. The van der Waals surface area contributed by atoms with E-state index in [2.05, 4.69) is 15.0 Å². The van der Waals surface area contributed by atoms with Gasteiger partial charge in [0.2, 0.25) is 11.8 Å². The molecule has 0 amide bonds. The summed E-state index contributed by atoms with van der Waals surface area (Å²) in [5, 5.41) is 1.50. The number of hydrogen-bond donors (Lipinski definition) is 1. The molecule has 0 bridgehead atoms. The van der Waals surface area contributed by atoms with E-state index in [1.807, 2.05) is 25.3 Å². The Kier molecular flexibility index (Phi) is 3.43. The average molecular weight is 304 g/mol. The second-order valence-electron chi connectivity index (χ2n) is 4.58. The van der Waals surface area contributed by atoms with Crippen LogP contribution in [0, 0.1) is 6.92 Å². The van der Waals surface area contributed by atoms with Crippen molar-refractivity contribution in [1.82, 2.24) is 15.0 Å². The third kappa shape index (κ3) is 2.29. The van der Waals surface area contributed by atoms with Crippen molar-refractivity contribution in [1.29, 1.82) is 0 Å². The lowest BCUT2D eigenvalue weighted by Gasteiger charge is -2.09. The molecule has 0 saturated heterocycles. The van der Waals surface area contributed by atoms with Gasteiger partial charge in [0.1, 0.15) is 5.65 Å². The quantitative estimate of drug-likeness (QED) is 0.803. The molecule has 3 rings (SSSR count). The summed E-state index contributed by atoms with van der Waals surface area (Å²) >= 11 is 6.37. The number of nitrogens with zero attached hydrogens (tertiary/aromatic N) is 2. The number of pyridine rings is 2. The van der Waals surface area contributed by atoms with Crippen molar-refractivity contribution in [2.24, 2.45) is 0 Å². The minimum atomic E-state index is 0.479. The maximum absolute atomic E-state index is 6.37. The van der Waals surface area contributed by atoms with Gasteiger partial charge in [-0.3, -0.25) is 0 Å². The van der Waals surface area contributed by atoms with Gasteiger partial charge >= 0.3 is 0 Å². The predicted molar refractivity (Wildman–Crippen MR) is 82.2 cm³/mol. The highest BCUT2D eigenvalue weighted by molar-refractivity contribution is 6.36. The van der Waals surface area contributed by atoms with Crippen LogP contribution >= 0.6 is 11.6 Å². The van der Waals surface area contributed by atoms with E-state index >= 15 is 0 Å². The summed E-state index contributed by atoms with van der Waals surface area (Å²) in [5.41, 5.74) is 3.33. The van der Waals surface area contributed by atoms with Crippen LogP contribution < -0.4 is 9.47 Å². The molecular formula is C15H14ClN3O2. The summed E-state index contributed by atoms with van der Waals surface area (Å²) in [4.78, 5) is 11.9. The molecule has 3 aromatic rings. The van der Waals surface area contributed by atoms with Gasteiger partial charge in [-0.05, 0) is 19.1 Å². The van der Waals surface area contributed by atoms with Crippen molar-refractivity contribution in [2.45, 2.75) is 6.92 Å². The van der Waals surface area contributed by atoms with Gasteiger partial charge in [-0.15, -0.1) is 0 Å². The Morgan fingerprint density at radius 3 is 2.62 bits per heavy atom. The molecule has 0 aliphatic carbocycles. The minimum absolute atomic E-state index is 0.479. The molecule has 6 heteroatoms. The molecule has 0 unspecified atom stereocenters. The van der Waals surface area contributed by atoms with Gasteiger partial charge in [-0.2, -0.15) is 4.98 Å². The van der Waals surface area contributed by atoms with Crippen LogP contribution in [0.3, 0.4) is 0 Å². The Morgan fingerprint density at radius 2 is 1.90 bits per heavy atom. The van der Waals surface area contributed by atoms with Crippen molar-refractivity contribution >= 4 is 22.6 Å². The van der Waals surface area contributed by atoms with Crippen LogP contribution in [0.2, 0.25) is 5.02 Å². The van der Waals surface area contributed by atoms with E-state index in [0.29, 0.717) is 16.8 Å². The van der Waals surface area contributed by atoms with Crippen molar-refractivity contribution in [3.63, 3.8) is 0 Å². The number of rotatable bonds is 3. The zero-order chi connectivity index (χ0) is 15.0. The second-order valence-corrected chi connectivity index (χ2v) is 4.99. The van der Waals surface area contributed by atoms with Crippen molar-refractivity contribution in [3.05, 3.63) is 35.1 Å². The molecule has 0 spiro atoms. The lowest BCUT2D eigenvalue weighted by atomic mass is 10.1. The molecule has 0 aliphatic heterocycles. The number of methoxy groups -OCH3 is 2. The van der Waals surface area contributed by atoms with Crippen molar-refractivity contribution in [2.75, 3.05) is 14.2 Å². The highest BCUT2D eigenvalue weighted by atomic mass is 35.5. The SMILES string of the molecule is COc1ccc(-c2c[nH]c3nc(C)cc(Cl)c23)c(OC)n1. The van der Waals surface area contributed by atoms with Crippen LogP contribution in [-0.4, -0.2) is 29.2 Å². The van der Waals surface area contributed by atoms with Gasteiger partial charge < -0.3 is 14.5 Å². The first-order valence-corrected chi connectivity index (χ1v) is 6.75. The van der Waals surface area contributed by atoms with Crippen LogP contribution in [0.5, 0.6) is 11.8 Å². The van der Waals surface area contributed by atoms with E-state index in [4.69, 9.17) is 21.1 Å². The number of ether oxygens (including phenoxy) is 2. The normalized spacial score (nSPS) is 10.9. The summed E-state index contributed by atoms with van der Waals surface area (Å²) in [6.45, 7) is 1.90. The minimum Gasteiger partial charge on any atom is -0.481 e. The number of H-pyrrole nitrogens is 1. The molecular weight excluding hydrogens is 290 g/mol. The van der Waals surface area contributed by atoms with E-state index in [9.17, 15) is 0 Å². The maximum Gasteiger partial charge on any atom is 0.224 e. The number of aromatic amines is 1. The first kappa shape index (κ1) is 13.7. The van der Waals surface area contributed by atoms with Gasteiger partial charge in [0.15, 0.2) is 0 Å². The lowest BCUT2D eigenvalue weighted by Crippen LogP contribution is -1.94. The maximum atomic E-state index is 6.37. The smallest absolute Gasteiger partial charge is 0.224 e. The second kappa shape index (κ2) is 5.26. The van der Waals surface area contributed by atoms with Gasteiger partial charge in [0, 0.05) is 34.5 Å². The number of nitrogens with one attached hydrogen (secondary N) is 1. The van der Waals surface area contributed by atoms with Crippen molar-refractivity contribution in [3.8, 4) is 22.9 Å². The number of hydrogen-bond acceptors (Lipinski definition) is 4. The molecule has 5 nitrogen and oxygen atoms in total. The molecule has 0 radical (unpaired) electrons. The van der Waals surface area contributed by atoms with Crippen LogP contribution in [0.4, 0.5) is 0 Å². The highest BCUT2D eigenvalue weighted by Crippen LogP contribution is 2.37. The van der Waals surface area contributed by atoms with Crippen LogP contribution in [-0.2, 0) is 0 Å². The third-order valence-electron chi connectivity index (χ3n) is 3.25. The first-order chi connectivity index (χ1) is 10.1. The molecule has 3 heterocycles. The van der Waals surface area contributed by atoms with Crippen molar-refractivity contribution < 1.29 is 9.47 Å². The lowest BCUT2D eigenvalue weighted by molar-refractivity contribution is 0.366. The number of halogens is 1. The summed E-state index contributed by atoms with van der Waals surface area (Å²) in [7, 11) is 3.14. The number of aryl methyl sites for hydroxylation is 1. The molecule has 108 valence electrons. The highest BCUT2D eigenvalue weighted by Gasteiger charge is 2.16. The van der Waals surface area contributed by atoms with E-state index < -0.39 is 0 Å². The van der Waals surface area contributed by atoms with Crippen LogP contribution in [0.15, 0.2) is 24.4 Å². The summed E-state index contributed by atoms with van der Waals surface area (Å²) in [6, 6.07) is 5.51. The Morgan fingerprint density at radius 1 is 1.10 bits per heavy atom. The fourth-order valence-corrected chi connectivity index (χ4v) is 2.67.